The van der Waals surface area contributed by atoms with Gasteiger partial charge in [0.1, 0.15) is 24.0 Å². The molecule has 1 aromatic heterocycles. The highest BCUT2D eigenvalue weighted by atomic mass is 19.1. The van der Waals surface area contributed by atoms with Gasteiger partial charge in [-0.05, 0) is 19.1 Å². The zero-order valence-corrected chi connectivity index (χ0v) is 12.3. The quantitative estimate of drug-likeness (QED) is 0.929. The normalized spacial score (nSPS) is 16.5. The first kappa shape index (κ1) is 14.6. The molecule has 0 bridgehead atoms. The number of nitrogens with zero attached hydrogens (tertiary/aromatic N) is 3. The minimum absolute atomic E-state index is 0.00262. The van der Waals surface area contributed by atoms with E-state index in [1.54, 1.807) is 17.9 Å². The maximum Gasteiger partial charge on any atom is 0.244 e. The molecule has 1 N–H and O–H groups in total. The van der Waals surface area contributed by atoms with Crippen LogP contribution in [0.2, 0.25) is 0 Å². The van der Waals surface area contributed by atoms with Gasteiger partial charge < -0.3 is 15.0 Å². The van der Waals surface area contributed by atoms with Crippen molar-refractivity contribution in [3.8, 4) is 0 Å². The molecule has 116 valence electrons. The lowest BCUT2D eigenvalue weighted by atomic mass is 10.2. The SMILES string of the molecule is C[C@H](Nc1ncnc2cc(F)ccc12)C(=O)N1CCOCC1. The van der Waals surface area contributed by atoms with Crippen LogP contribution in [0.25, 0.3) is 10.9 Å². The molecule has 3 rings (SSSR count). The predicted molar refractivity (Wildman–Crippen MR) is 80.0 cm³/mol. The Morgan fingerprint density at radius 1 is 1.36 bits per heavy atom. The fraction of sp³-hybridized carbons (Fsp3) is 0.400. The van der Waals surface area contributed by atoms with Gasteiger partial charge in [0.25, 0.3) is 0 Å². The molecule has 6 nitrogen and oxygen atoms in total. The maximum atomic E-state index is 13.2. The van der Waals surface area contributed by atoms with Gasteiger partial charge in [-0.15, -0.1) is 0 Å². The summed E-state index contributed by atoms with van der Waals surface area (Å²) in [5.74, 6) is 0.172. The van der Waals surface area contributed by atoms with Gasteiger partial charge in [0.05, 0.1) is 18.7 Å². The van der Waals surface area contributed by atoms with Gasteiger partial charge in [0, 0.05) is 24.5 Å². The molecule has 1 saturated heterocycles. The van der Waals surface area contributed by atoms with Crippen molar-refractivity contribution in [2.75, 3.05) is 31.6 Å². The zero-order chi connectivity index (χ0) is 15.5. The number of anilines is 1. The first-order chi connectivity index (χ1) is 10.6. The molecule has 0 spiro atoms. The molecule has 1 aromatic carbocycles. The van der Waals surface area contributed by atoms with Crippen LogP contribution < -0.4 is 5.32 Å². The summed E-state index contributed by atoms with van der Waals surface area (Å²) in [4.78, 5) is 22.4. The van der Waals surface area contributed by atoms with E-state index in [0.717, 1.165) is 0 Å². The van der Waals surface area contributed by atoms with E-state index in [1.165, 1.54) is 18.5 Å². The molecule has 2 aromatic rings. The van der Waals surface area contributed by atoms with E-state index in [0.29, 0.717) is 43.0 Å². The number of nitrogens with one attached hydrogen (secondary N) is 1. The summed E-state index contributed by atoms with van der Waals surface area (Å²) in [6.07, 6.45) is 1.36. The summed E-state index contributed by atoms with van der Waals surface area (Å²) in [5, 5.41) is 3.78. The number of ether oxygens (including phenoxy) is 1. The third kappa shape index (κ3) is 2.99. The largest absolute Gasteiger partial charge is 0.378 e. The van der Waals surface area contributed by atoms with Crippen molar-refractivity contribution in [2.24, 2.45) is 0 Å². The standard InChI is InChI=1S/C15H17FN4O2/c1-10(15(21)20-4-6-22-7-5-20)19-14-12-3-2-11(16)8-13(12)17-9-18-14/h2-3,8-10H,4-7H2,1H3,(H,17,18,19)/t10-/m0/s1. The number of amides is 1. The summed E-state index contributed by atoms with van der Waals surface area (Å²) in [7, 11) is 0. The zero-order valence-electron chi connectivity index (χ0n) is 12.3. The van der Waals surface area contributed by atoms with E-state index in [2.05, 4.69) is 15.3 Å². The average Bonchev–Trinajstić information content (AvgIpc) is 2.55. The predicted octanol–water partition coefficient (Wildman–Crippen LogP) is 1.43. The van der Waals surface area contributed by atoms with Crippen molar-refractivity contribution < 1.29 is 13.9 Å². The first-order valence-corrected chi connectivity index (χ1v) is 7.18. The number of carbonyl (C=O) groups excluding carboxylic acids is 1. The smallest absolute Gasteiger partial charge is 0.244 e. The Bertz CT molecular complexity index is 688. The second-order valence-corrected chi connectivity index (χ2v) is 5.19. The second kappa shape index (κ2) is 6.23. The van der Waals surface area contributed by atoms with Gasteiger partial charge >= 0.3 is 0 Å². The number of hydrogen-bond acceptors (Lipinski definition) is 5. The minimum Gasteiger partial charge on any atom is -0.378 e. The van der Waals surface area contributed by atoms with Gasteiger partial charge in [0.2, 0.25) is 5.91 Å². The molecule has 0 aliphatic carbocycles. The van der Waals surface area contributed by atoms with Crippen molar-refractivity contribution in [1.82, 2.24) is 14.9 Å². The topological polar surface area (TPSA) is 67.4 Å². The summed E-state index contributed by atoms with van der Waals surface area (Å²) < 4.78 is 18.5. The van der Waals surface area contributed by atoms with Crippen LogP contribution in [-0.4, -0.2) is 53.1 Å². The number of carbonyl (C=O) groups is 1. The molecule has 1 fully saturated rings. The lowest BCUT2D eigenvalue weighted by Crippen LogP contribution is -2.47. The number of fused-ring (bicyclic) bond motifs is 1. The third-order valence-electron chi connectivity index (χ3n) is 3.64. The van der Waals surface area contributed by atoms with Crippen molar-refractivity contribution in [1.29, 1.82) is 0 Å². The van der Waals surface area contributed by atoms with Gasteiger partial charge in [-0.25, -0.2) is 14.4 Å². The van der Waals surface area contributed by atoms with Crippen LogP contribution in [0.15, 0.2) is 24.5 Å². The second-order valence-electron chi connectivity index (χ2n) is 5.19. The van der Waals surface area contributed by atoms with Crippen LogP contribution >= 0.6 is 0 Å². The van der Waals surface area contributed by atoms with Crippen molar-refractivity contribution in [3.05, 3.63) is 30.3 Å². The molecule has 2 heterocycles. The lowest BCUT2D eigenvalue weighted by molar-refractivity contribution is -0.135. The van der Waals surface area contributed by atoms with Crippen LogP contribution in [0.3, 0.4) is 0 Å². The Morgan fingerprint density at radius 3 is 2.91 bits per heavy atom. The summed E-state index contributed by atoms with van der Waals surface area (Å²) >= 11 is 0. The molecule has 7 heteroatoms. The van der Waals surface area contributed by atoms with E-state index in [4.69, 9.17) is 4.74 Å². The Balaban J connectivity index is 1.78. The van der Waals surface area contributed by atoms with Crippen LogP contribution in [0, 0.1) is 5.82 Å². The first-order valence-electron chi connectivity index (χ1n) is 7.18. The summed E-state index contributed by atoms with van der Waals surface area (Å²) in [6, 6.07) is 3.88. The van der Waals surface area contributed by atoms with Gasteiger partial charge in [0.15, 0.2) is 0 Å². The fourth-order valence-electron chi connectivity index (χ4n) is 2.47. The molecule has 0 radical (unpaired) electrons. The summed E-state index contributed by atoms with van der Waals surface area (Å²) in [5.41, 5.74) is 0.503. The molecule has 1 atom stereocenters. The molecule has 1 aliphatic rings. The van der Waals surface area contributed by atoms with Crippen LogP contribution in [0.1, 0.15) is 6.92 Å². The van der Waals surface area contributed by atoms with Crippen LogP contribution in [0.4, 0.5) is 10.2 Å². The number of morpholine rings is 1. The highest BCUT2D eigenvalue weighted by Crippen LogP contribution is 2.20. The lowest BCUT2D eigenvalue weighted by Gasteiger charge is -2.29. The highest BCUT2D eigenvalue weighted by molar-refractivity contribution is 5.91. The number of benzene rings is 1. The molecular formula is C15H17FN4O2. The van der Waals surface area contributed by atoms with Crippen LogP contribution in [0.5, 0.6) is 0 Å². The average molecular weight is 304 g/mol. The molecule has 0 saturated carbocycles. The highest BCUT2D eigenvalue weighted by Gasteiger charge is 2.23. The van der Waals surface area contributed by atoms with Gasteiger partial charge in [-0.2, -0.15) is 0 Å². The number of rotatable bonds is 3. The van der Waals surface area contributed by atoms with E-state index < -0.39 is 6.04 Å². The molecule has 1 amide bonds. The Kier molecular flexibility index (Phi) is 4.15. The van der Waals surface area contributed by atoms with Crippen molar-refractivity contribution in [2.45, 2.75) is 13.0 Å². The molecule has 0 unspecified atom stereocenters. The molecular weight excluding hydrogens is 287 g/mol. The Morgan fingerprint density at radius 2 is 2.14 bits per heavy atom. The van der Waals surface area contributed by atoms with Gasteiger partial charge in [-0.1, -0.05) is 0 Å². The molecule has 1 aliphatic heterocycles. The number of hydrogen-bond donors (Lipinski definition) is 1. The van der Waals surface area contributed by atoms with E-state index in [1.807, 2.05) is 0 Å². The summed E-state index contributed by atoms with van der Waals surface area (Å²) in [6.45, 7) is 4.11. The van der Waals surface area contributed by atoms with Crippen molar-refractivity contribution >= 4 is 22.6 Å². The van der Waals surface area contributed by atoms with Crippen LogP contribution in [-0.2, 0) is 9.53 Å². The Labute approximate surface area is 127 Å². The number of halogens is 1. The maximum absolute atomic E-state index is 13.2. The minimum atomic E-state index is -0.429. The number of aromatic nitrogens is 2. The van der Waals surface area contributed by atoms with E-state index in [9.17, 15) is 9.18 Å². The molecule has 22 heavy (non-hydrogen) atoms. The fourth-order valence-corrected chi connectivity index (χ4v) is 2.47. The van der Waals surface area contributed by atoms with Crippen molar-refractivity contribution in [3.63, 3.8) is 0 Å². The third-order valence-corrected chi connectivity index (χ3v) is 3.64. The monoisotopic (exact) mass is 304 g/mol. The Hall–Kier alpha value is -2.28. The van der Waals surface area contributed by atoms with E-state index in [-0.39, 0.29) is 11.7 Å². The van der Waals surface area contributed by atoms with E-state index >= 15 is 0 Å². The van der Waals surface area contributed by atoms with Gasteiger partial charge in [-0.3, -0.25) is 4.79 Å².